The van der Waals surface area contributed by atoms with Crippen molar-refractivity contribution in [2.75, 3.05) is 0 Å². The number of nitrogens with zero attached hydrogens (tertiary/aromatic N) is 1. The van der Waals surface area contributed by atoms with Crippen molar-refractivity contribution in [3.8, 4) is 11.1 Å². The summed E-state index contributed by atoms with van der Waals surface area (Å²) < 4.78 is 0. The molecule has 0 atom stereocenters. The first-order valence-electron chi connectivity index (χ1n) is 6.85. The van der Waals surface area contributed by atoms with Gasteiger partial charge in [0.2, 0.25) is 0 Å². The minimum atomic E-state index is -0.952. The predicted octanol–water partition coefficient (Wildman–Crippen LogP) is 5.06. The first kappa shape index (κ1) is 13.8. The fourth-order valence-corrected chi connectivity index (χ4v) is 2.67. The summed E-state index contributed by atoms with van der Waals surface area (Å²) >= 11 is 0. The van der Waals surface area contributed by atoms with Crippen molar-refractivity contribution >= 4 is 22.4 Å². The summed E-state index contributed by atoms with van der Waals surface area (Å²) in [5, 5.41) is 11.0. The SMILES string of the molecule is [C-]#[N+]c1c(C)cccc1-c1cccc2ccc(C(=O)O)cc12. The molecule has 3 aromatic rings. The van der Waals surface area contributed by atoms with E-state index in [-0.39, 0.29) is 5.56 Å². The third kappa shape index (κ3) is 2.21. The van der Waals surface area contributed by atoms with Crippen molar-refractivity contribution in [1.29, 1.82) is 0 Å². The van der Waals surface area contributed by atoms with E-state index in [0.717, 1.165) is 27.5 Å². The molecule has 0 aliphatic heterocycles. The molecule has 1 N–H and O–H groups in total. The standard InChI is InChI=1S/C19H13NO2/c1-12-5-3-8-16(18(12)20-2)15-7-4-6-13-9-10-14(19(21)22)11-17(13)15/h3-11H,1H3,(H,21,22). The van der Waals surface area contributed by atoms with E-state index in [1.807, 2.05) is 43.3 Å². The largest absolute Gasteiger partial charge is 0.478 e. The van der Waals surface area contributed by atoms with E-state index in [0.29, 0.717) is 5.69 Å². The number of aryl methyl sites for hydroxylation is 1. The van der Waals surface area contributed by atoms with Gasteiger partial charge in [0.25, 0.3) is 0 Å². The Labute approximate surface area is 128 Å². The number of para-hydroxylation sites is 1. The maximum Gasteiger partial charge on any atom is 0.335 e. The van der Waals surface area contributed by atoms with Crippen LogP contribution in [-0.2, 0) is 0 Å². The van der Waals surface area contributed by atoms with Crippen LogP contribution in [0.15, 0.2) is 54.6 Å². The predicted molar refractivity (Wildman–Crippen MR) is 87.3 cm³/mol. The maximum absolute atomic E-state index is 11.2. The number of benzene rings is 3. The van der Waals surface area contributed by atoms with Gasteiger partial charge in [-0.15, -0.1) is 0 Å². The number of aromatic carboxylic acids is 1. The Kier molecular flexibility index (Phi) is 3.36. The number of hydrogen-bond acceptors (Lipinski definition) is 1. The van der Waals surface area contributed by atoms with E-state index < -0.39 is 5.97 Å². The normalized spacial score (nSPS) is 10.4. The number of rotatable bonds is 2. The highest BCUT2D eigenvalue weighted by molar-refractivity contribution is 6.03. The zero-order valence-corrected chi connectivity index (χ0v) is 12.0. The van der Waals surface area contributed by atoms with Crippen LogP contribution < -0.4 is 0 Å². The Morgan fingerprint density at radius 1 is 1.05 bits per heavy atom. The molecule has 22 heavy (non-hydrogen) atoms. The monoisotopic (exact) mass is 287 g/mol. The van der Waals surface area contributed by atoms with Crippen LogP contribution in [-0.4, -0.2) is 11.1 Å². The molecule has 3 rings (SSSR count). The van der Waals surface area contributed by atoms with Gasteiger partial charge in [-0.25, -0.2) is 9.64 Å². The van der Waals surface area contributed by atoms with Gasteiger partial charge in [0, 0.05) is 0 Å². The molecule has 0 saturated heterocycles. The molecule has 0 radical (unpaired) electrons. The lowest BCUT2D eigenvalue weighted by molar-refractivity contribution is 0.0697. The zero-order valence-electron chi connectivity index (χ0n) is 12.0. The Morgan fingerprint density at radius 2 is 1.77 bits per heavy atom. The summed E-state index contributed by atoms with van der Waals surface area (Å²) in [5.41, 5.74) is 3.49. The second kappa shape index (κ2) is 5.34. The number of carboxylic acid groups (broad SMARTS) is 1. The van der Waals surface area contributed by atoms with Crippen molar-refractivity contribution in [2.45, 2.75) is 6.92 Å². The molecule has 0 aliphatic carbocycles. The molecule has 0 fully saturated rings. The van der Waals surface area contributed by atoms with Crippen molar-refractivity contribution in [3.05, 3.63) is 77.1 Å². The molecule has 0 amide bonds. The van der Waals surface area contributed by atoms with Crippen molar-refractivity contribution in [2.24, 2.45) is 0 Å². The topological polar surface area (TPSA) is 41.7 Å². The lowest BCUT2D eigenvalue weighted by atomic mass is 9.94. The van der Waals surface area contributed by atoms with Gasteiger partial charge < -0.3 is 5.11 Å². The Morgan fingerprint density at radius 3 is 2.50 bits per heavy atom. The number of carboxylic acids is 1. The Bertz CT molecular complexity index is 936. The molecule has 0 saturated carbocycles. The van der Waals surface area contributed by atoms with E-state index in [2.05, 4.69) is 4.85 Å². The number of carbonyl (C=O) groups is 1. The van der Waals surface area contributed by atoms with Crippen LogP contribution >= 0.6 is 0 Å². The van der Waals surface area contributed by atoms with E-state index in [1.165, 1.54) is 0 Å². The zero-order chi connectivity index (χ0) is 15.7. The van der Waals surface area contributed by atoms with Gasteiger partial charge in [-0.3, -0.25) is 0 Å². The summed E-state index contributed by atoms with van der Waals surface area (Å²) in [6.07, 6.45) is 0. The number of fused-ring (bicyclic) bond motifs is 1. The van der Waals surface area contributed by atoms with Crippen molar-refractivity contribution < 1.29 is 9.90 Å². The molecule has 0 aliphatic rings. The molecular formula is C19H13NO2. The quantitative estimate of drug-likeness (QED) is 0.669. The van der Waals surface area contributed by atoms with Crippen LogP contribution in [0.25, 0.3) is 26.7 Å². The smallest absolute Gasteiger partial charge is 0.335 e. The second-order valence-electron chi connectivity index (χ2n) is 5.13. The molecule has 106 valence electrons. The summed E-state index contributed by atoms with van der Waals surface area (Å²) in [7, 11) is 0. The van der Waals surface area contributed by atoms with Gasteiger partial charge in [-0.2, -0.15) is 0 Å². The van der Waals surface area contributed by atoms with Crippen molar-refractivity contribution in [1.82, 2.24) is 0 Å². The Balaban J connectivity index is 2.37. The fourth-order valence-electron chi connectivity index (χ4n) is 2.67. The Hall–Kier alpha value is -3.12. The molecular weight excluding hydrogens is 274 g/mol. The molecule has 0 unspecified atom stereocenters. The minimum Gasteiger partial charge on any atom is -0.478 e. The third-order valence-corrected chi connectivity index (χ3v) is 3.77. The van der Waals surface area contributed by atoms with Crippen LogP contribution in [0, 0.1) is 13.5 Å². The maximum atomic E-state index is 11.2. The first-order valence-corrected chi connectivity index (χ1v) is 6.85. The van der Waals surface area contributed by atoms with E-state index in [4.69, 9.17) is 6.57 Å². The average Bonchev–Trinajstić information content (AvgIpc) is 2.53. The summed E-state index contributed by atoms with van der Waals surface area (Å²) in [5.74, 6) is -0.952. The summed E-state index contributed by atoms with van der Waals surface area (Å²) in [6, 6.07) is 16.6. The molecule has 3 aromatic carbocycles. The summed E-state index contributed by atoms with van der Waals surface area (Å²) in [6.45, 7) is 9.33. The molecule has 0 bridgehead atoms. The highest BCUT2D eigenvalue weighted by Crippen LogP contribution is 2.37. The van der Waals surface area contributed by atoms with Gasteiger partial charge in [-0.1, -0.05) is 42.5 Å². The lowest BCUT2D eigenvalue weighted by Gasteiger charge is -2.11. The number of hydrogen-bond donors (Lipinski definition) is 1. The second-order valence-corrected chi connectivity index (χ2v) is 5.13. The van der Waals surface area contributed by atoms with Crippen LogP contribution in [0.5, 0.6) is 0 Å². The van der Waals surface area contributed by atoms with Crippen LogP contribution in [0.1, 0.15) is 15.9 Å². The van der Waals surface area contributed by atoms with Gasteiger partial charge in [-0.05, 0) is 46.5 Å². The van der Waals surface area contributed by atoms with E-state index in [1.54, 1.807) is 18.2 Å². The van der Waals surface area contributed by atoms with Gasteiger partial charge in [0.1, 0.15) is 0 Å². The molecule has 0 heterocycles. The highest BCUT2D eigenvalue weighted by atomic mass is 16.4. The first-order chi connectivity index (χ1) is 10.6. The lowest BCUT2D eigenvalue weighted by Crippen LogP contribution is -1.95. The van der Waals surface area contributed by atoms with Crippen LogP contribution in [0.2, 0.25) is 0 Å². The highest BCUT2D eigenvalue weighted by Gasteiger charge is 2.12. The van der Waals surface area contributed by atoms with E-state index >= 15 is 0 Å². The fraction of sp³-hybridized carbons (Fsp3) is 0.0526. The average molecular weight is 287 g/mol. The van der Waals surface area contributed by atoms with Gasteiger partial charge >= 0.3 is 5.97 Å². The molecule has 3 heteroatoms. The molecule has 0 spiro atoms. The van der Waals surface area contributed by atoms with Crippen LogP contribution in [0.4, 0.5) is 5.69 Å². The van der Waals surface area contributed by atoms with Gasteiger partial charge in [0.05, 0.1) is 12.1 Å². The molecule has 0 aromatic heterocycles. The van der Waals surface area contributed by atoms with Crippen LogP contribution in [0.3, 0.4) is 0 Å². The van der Waals surface area contributed by atoms with E-state index in [9.17, 15) is 9.90 Å². The van der Waals surface area contributed by atoms with Crippen molar-refractivity contribution in [3.63, 3.8) is 0 Å². The summed E-state index contributed by atoms with van der Waals surface area (Å²) in [4.78, 5) is 14.9. The molecule has 3 nitrogen and oxygen atoms in total. The van der Waals surface area contributed by atoms with Gasteiger partial charge in [0.15, 0.2) is 5.69 Å². The minimum absolute atomic E-state index is 0.247. The third-order valence-electron chi connectivity index (χ3n) is 3.77.